The maximum atomic E-state index is 6.25. The maximum Gasteiger partial charge on any atom is 2.00 e. The van der Waals surface area contributed by atoms with Gasteiger partial charge in [-0.1, -0.05) is 20.8 Å². The predicted molar refractivity (Wildman–Crippen MR) is 101 cm³/mol. The van der Waals surface area contributed by atoms with Crippen LogP contribution in [-0.2, 0) is 5.41 Å². The molecular weight excluding hydrogens is 545 g/mol. The van der Waals surface area contributed by atoms with Crippen molar-refractivity contribution < 1.29 is 40.6 Å². The van der Waals surface area contributed by atoms with Crippen molar-refractivity contribution in [2.75, 3.05) is 0 Å². The maximum absolute atomic E-state index is 6.25. The Kier molecular flexibility index (Phi) is 4.25. The summed E-state index contributed by atoms with van der Waals surface area (Å²) >= 11 is 0. The normalized spacial score (nSPS) is 13.4. The Morgan fingerprint density at radius 1 is 0.808 bits per heavy atom. The number of hydrogen-bond acceptors (Lipinski definition) is 2. The van der Waals surface area contributed by atoms with Gasteiger partial charge >= 0.3 is 31.1 Å². The molecule has 4 heteroatoms. The van der Waals surface area contributed by atoms with Crippen LogP contribution < -0.4 is 25.9 Å². The third-order valence-corrected chi connectivity index (χ3v) is 4.97. The van der Waals surface area contributed by atoms with E-state index < -0.39 is 0 Å². The fraction of sp³-hybridized carbons (Fsp3) is 0.182. The summed E-state index contributed by atoms with van der Waals surface area (Å²) in [7, 11) is 0. The van der Waals surface area contributed by atoms with E-state index in [1.807, 2.05) is 36.4 Å². The Labute approximate surface area is 178 Å². The zero-order valence-electron chi connectivity index (χ0n) is 15.0. The van der Waals surface area contributed by atoms with Gasteiger partial charge in [-0.15, -0.1) is 23.1 Å². The summed E-state index contributed by atoms with van der Waals surface area (Å²) in [6, 6.07) is 22.9. The molecule has 2 aliphatic heterocycles. The molecule has 26 heavy (non-hydrogen) atoms. The van der Waals surface area contributed by atoms with Crippen LogP contribution in [0.1, 0.15) is 26.3 Å². The number of benzene rings is 3. The largest absolute Gasteiger partial charge is 2.00 e. The standard InChI is InChI=1S/C22H17BO2.U/c1-22(2,3)14-12-19-21-20(13-14)25-18-11-7-5-9-16(18)23(21)15-8-4-6-10-17(15)24-19;/h4-7,10-13H,1-3H3;/q-2;+2. The molecule has 0 fully saturated rings. The molecule has 0 radical (unpaired) electrons. The van der Waals surface area contributed by atoms with E-state index in [9.17, 15) is 0 Å². The van der Waals surface area contributed by atoms with Gasteiger partial charge in [-0.25, -0.2) is 0 Å². The van der Waals surface area contributed by atoms with Gasteiger partial charge in [0.25, 0.3) is 0 Å². The van der Waals surface area contributed by atoms with Gasteiger partial charge in [-0.2, -0.15) is 36.4 Å². The molecule has 2 nitrogen and oxygen atoms in total. The molecule has 3 aromatic carbocycles. The van der Waals surface area contributed by atoms with Gasteiger partial charge in [-0.3, -0.25) is 0 Å². The first-order chi connectivity index (χ1) is 12.0. The molecule has 5 rings (SSSR count). The molecule has 2 aliphatic rings. The van der Waals surface area contributed by atoms with Crippen LogP contribution in [0.3, 0.4) is 0 Å². The van der Waals surface area contributed by atoms with E-state index in [1.54, 1.807) is 0 Å². The molecule has 0 amide bonds. The number of ether oxygens (including phenoxy) is 2. The molecule has 0 N–H and O–H groups in total. The Morgan fingerprint density at radius 3 is 1.77 bits per heavy atom. The summed E-state index contributed by atoms with van der Waals surface area (Å²) in [5.41, 5.74) is 4.39. The monoisotopic (exact) mass is 562 g/mol. The fourth-order valence-electron chi connectivity index (χ4n) is 3.66. The summed E-state index contributed by atoms with van der Waals surface area (Å²) in [6.07, 6.45) is 0. The molecule has 0 atom stereocenters. The van der Waals surface area contributed by atoms with Crippen molar-refractivity contribution >= 4 is 23.1 Å². The van der Waals surface area contributed by atoms with Crippen molar-refractivity contribution in [3.63, 3.8) is 0 Å². The third kappa shape index (κ3) is 2.63. The van der Waals surface area contributed by atoms with Crippen LogP contribution in [0.15, 0.2) is 48.5 Å². The summed E-state index contributed by atoms with van der Waals surface area (Å²) in [5, 5.41) is 0. The molecule has 3 aromatic rings. The van der Waals surface area contributed by atoms with Gasteiger partial charge in [0.15, 0.2) is 0 Å². The predicted octanol–water partition coefficient (Wildman–Crippen LogP) is 3.31. The fourth-order valence-corrected chi connectivity index (χ4v) is 3.66. The molecule has 0 spiro atoms. The van der Waals surface area contributed by atoms with Crippen LogP contribution in [0.2, 0.25) is 0 Å². The minimum Gasteiger partial charge on any atom is -0.518 e. The summed E-state index contributed by atoms with van der Waals surface area (Å²) in [5.74, 6) is 3.48. The molecule has 0 saturated carbocycles. The topological polar surface area (TPSA) is 18.5 Å². The van der Waals surface area contributed by atoms with Crippen molar-refractivity contribution in [2.45, 2.75) is 26.2 Å². The summed E-state index contributed by atoms with van der Waals surface area (Å²) in [4.78, 5) is 0. The van der Waals surface area contributed by atoms with Crippen LogP contribution in [0, 0.1) is 43.2 Å². The Morgan fingerprint density at radius 2 is 1.31 bits per heavy atom. The first kappa shape index (κ1) is 17.8. The van der Waals surface area contributed by atoms with E-state index >= 15 is 0 Å². The van der Waals surface area contributed by atoms with Gasteiger partial charge in [0.05, 0.1) is 0 Å². The number of rotatable bonds is 0. The van der Waals surface area contributed by atoms with Crippen LogP contribution in [-0.4, -0.2) is 6.71 Å². The van der Waals surface area contributed by atoms with Crippen LogP contribution in [0.4, 0.5) is 0 Å². The quantitative estimate of drug-likeness (QED) is 0.213. The SMILES string of the molecule is CC(C)(C)c1cc2c3c(c1)Oc1ccc[c-]c1B3c1[c-]cccc1O2.[U+2]. The van der Waals surface area contributed by atoms with Crippen molar-refractivity contribution in [3.05, 3.63) is 66.2 Å². The van der Waals surface area contributed by atoms with E-state index in [0.717, 1.165) is 39.4 Å². The average Bonchev–Trinajstić information content (AvgIpc) is 2.60. The van der Waals surface area contributed by atoms with Gasteiger partial charge in [0, 0.05) is 17.0 Å². The molecular formula is C22H17BO2U. The van der Waals surface area contributed by atoms with E-state index in [2.05, 4.69) is 45.0 Å². The first-order valence-electron chi connectivity index (χ1n) is 8.58. The van der Waals surface area contributed by atoms with Crippen molar-refractivity contribution in [1.29, 1.82) is 0 Å². The number of fused-ring (bicyclic) bond motifs is 4. The van der Waals surface area contributed by atoms with Crippen LogP contribution >= 0.6 is 0 Å². The van der Waals surface area contributed by atoms with Crippen molar-refractivity contribution in [3.8, 4) is 23.0 Å². The second-order valence-corrected chi connectivity index (χ2v) is 7.67. The second-order valence-electron chi connectivity index (χ2n) is 7.67. The Hall–Kier alpha value is -1.62. The molecule has 2 heterocycles. The second kappa shape index (κ2) is 6.22. The van der Waals surface area contributed by atoms with E-state index in [0.29, 0.717) is 0 Å². The van der Waals surface area contributed by atoms with E-state index in [4.69, 9.17) is 9.47 Å². The van der Waals surface area contributed by atoms with Gasteiger partial charge in [0.2, 0.25) is 6.71 Å². The first-order valence-corrected chi connectivity index (χ1v) is 8.58. The third-order valence-electron chi connectivity index (χ3n) is 4.97. The molecule has 0 aliphatic carbocycles. The molecule has 0 unspecified atom stereocenters. The zero-order chi connectivity index (χ0) is 17.2. The van der Waals surface area contributed by atoms with E-state index in [1.165, 1.54) is 5.56 Å². The van der Waals surface area contributed by atoms with Gasteiger partial charge in [-0.05, 0) is 23.1 Å². The number of hydrogen-bond donors (Lipinski definition) is 0. The van der Waals surface area contributed by atoms with Crippen molar-refractivity contribution in [2.24, 2.45) is 0 Å². The zero-order valence-corrected chi connectivity index (χ0v) is 19.2. The Bertz CT molecular complexity index is 937. The minimum absolute atomic E-state index is 0. The molecule has 0 saturated heterocycles. The summed E-state index contributed by atoms with van der Waals surface area (Å²) < 4.78 is 12.5. The molecule has 124 valence electrons. The molecule has 0 aromatic heterocycles. The van der Waals surface area contributed by atoms with Crippen molar-refractivity contribution in [1.82, 2.24) is 0 Å². The molecule has 0 bridgehead atoms. The van der Waals surface area contributed by atoms with Gasteiger partial charge < -0.3 is 9.47 Å². The minimum atomic E-state index is 0. The average molecular weight is 562 g/mol. The van der Waals surface area contributed by atoms with Crippen LogP contribution in [0.5, 0.6) is 23.0 Å². The van der Waals surface area contributed by atoms with Crippen LogP contribution in [0.25, 0.3) is 0 Å². The summed E-state index contributed by atoms with van der Waals surface area (Å²) in [6.45, 7) is 6.66. The van der Waals surface area contributed by atoms with E-state index in [-0.39, 0.29) is 43.2 Å². The van der Waals surface area contributed by atoms with Gasteiger partial charge in [0.1, 0.15) is 11.5 Å². The Balaban J connectivity index is 0.00000168. The smallest absolute Gasteiger partial charge is 0.518 e.